The summed E-state index contributed by atoms with van der Waals surface area (Å²) in [7, 11) is 3.62. The van der Waals surface area contributed by atoms with E-state index < -0.39 is 0 Å². The van der Waals surface area contributed by atoms with E-state index in [2.05, 4.69) is 26.0 Å². The first-order chi connectivity index (χ1) is 10.7. The van der Waals surface area contributed by atoms with Crippen molar-refractivity contribution < 1.29 is 4.79 Å². The number of nitrogens with zero attached hydrogens (tertiary/aromatic N) is 3. The van der Waals surface area contributed by atoms with Gasteiger partial charge in [0, 0.05) is 39.3 Å². The van der Waals surface area contributed by atoms with Gasteiger partial charge >= 0.3 is 0 Å². The molecule has 0 spiro atoms. The molecule has 0 unspecified atom stereocenters. The van der Waals surface area contributed by atoms with Crippen LogP contribution in [0.2, 0.25) is 0 Å². The molecule has 1 aliphatic rings. The van der Waals surface area contributed by atoms with Gasteiger partial charge in [0.05, 0.1) is 12.2 Å². The zero-order valence-corrected chi connectivity index (χ0v) is 13.4. The van der Waals surface area contributed by atoms with Crippen molar-refractivity contribution in [3.8, 4) is 0 Å². The Bertz CT molecular complexity index is 504. The molecule has 0 saturated heterocycles. The van der Waals surface area contributed by atoms with Crippen molar-refractivity contribution in [3.63, 3.8) is 0 Å². The summed E-state index contributed by atoms with van der Waals surface area (Å²) in [5, 5.41) is 13.6. The zero-order valence-electron chi connectivity index (χ0n) is 13.4. The van der Waals surface area contributed by atoms with Crippen LogP contribution in [0.3, 0.4) is 0 Å². The van der Waals surface area contributed by atoms with Gasteiger partial charge in [-0.1, -0.05) is 12.8 Å². The number of carbonyl (C=O) groups excluding carboxylic acids is 1. The summed E-state index contributed by atoms with van der Waals surface area (Å²) in [6.07, 6.45) is 6.92. The van der Waals surface area contributed by atoms with Gasteiger partial charge in [-0.25, -0.2) is 0 Å². The maximum absolute atomic E-state index is 11.8. The fourth-order valence-electron chi connectivity index (χ4n) is 2.63. The highest BCUT2D eigenvalue weighted by Gasteiger charge is 2.16. The monoisotopic (exact) mass is 306 g/mol. The van der Waals surface area contributed by atoms with Crippen LogP contribution < -0.4 is 16.0 Å². The van der Waals surface area contributed by atoms with Crippen LogP contribution in [0.5, 0.6) is 0 Å². The third-order valence-electron chi connectivity index (χ3n) is 3.95. The summed E-state index contributed by atoms with van der Waals surface area (Å²) < 4.78 is 1.81. The van der Waals surface area contributed by atoms with E-state index in [0.29, 0.717) is 31.5 Å². The lowest BCUT2D eigenvalue weighted by Gasteiger charge is -2.14. The van der Waals surface area contributed by atoms with E-state index in [1.807, 2.05) is 17.8 Å². The van der Waals surface area contributed by atoms with E-state index >= 15 is 0 Å². The normalized spacial score (nSPS) is 15.8. The van der Waals surface area contributed by atoms with Gasteiger partial charge in [-0.3, -0.25) is 14.5 Å². The van der Waals surface area contributed by atoms with Crippen molar-refractivity contribution in [1.29, 1.82) is 0 Å². The van der Waals surface area contributed by atoms with Gasteiger partial charge in [-0.2, -0.15) is 5.10 Å². The van der Waals surface area contributed by atoms with Gasteiger partial charge in [-0.05, 0) is 18.9 Å². The Morgan fingerprint density at radius 1 is 1.41 bits per heavy atom. The summed E-state index contributed by atoms with van der Waals surface area (Å²) in [6, 6.07) is 2.34. The van der Waals surface area contributed by atoms with E-state index in [0.717, 1.165) is 18.5 Å². The standard InChI is InChI=1S/C15H26N6O/c1-16-15(18-11-13-7-10-19-21(13)2)17-9-8-14(22)20-12-5-3-4-6-12/h7,10,12H,3-6,8-9,11H2,1-2H3,(H,20,22)(H2,16,17,18). The number of carbonyl (C=O) groups is 1. The molecule has 22 heavy (non-hydrogen) atoms. The van der Waals surface area contributed by atoms with Crippen molar-refractivity contribution in [2.75, 3.05) is 13.6 Å². The molecule has 1 saturated carbocycles. The van der Waals surface area contributed by atoms with Gasteiger partial charge in [0.1, 0.15) is 0 Å². The van der Waals surface area contributed by atoms with Gasteiger partial charge in [-0.15, -0.1) is 0 Å². The number of aromatic nitrogens is 2. The molecule has 0 aromatic carbocycles. The first-order valence-electron chi connectivity index (χ1n) is 7.90. The fraction of sp³-hybridized carbons (Fsp3) is 0.667. The Labute approximate surface area is 131 Å². The summed E-state index contributed by atoms with van der Waals surface area (Å²) in [6.45, 7) is 1.22. The summed E-state index contributed by atoms with van der Waals surface area (Å²) in [5.74, 6) is 0.802. The zero-order chi connectivity index (χ0) is 15.8. The molecule has 7 nitrogen and oxygen atoms in total. The van der Waals surface area contributed by atoms with E-state index in [9.17, 15) is 4.79 Å². The van der Waals surface area contributed by atoms with Gasteiger partial charge in [0.25, 0.3) is 0 Å². The maximum atomic E-state index is 11.8. The molecule has 122 valence electrons. The van der Waals surface area contributed by atoms with Crippen LogP contribution in [-0.4, -0.2) is 41.3 Å². The highest BCUT2D eigenvalue weighted by atomic mass is 16.1. The van der Waals surface area contributed by atoms with Gasteiger partial charge < -0.3 is 16.0 Å². The van der Waals surface area contributed by atoms with Crippen molar-refractivity contribution in [2.24, 2.45) is 12.0 Å². The average molecular weight is 306 g/mol. The first-order valence-corrected chi connectivity index (χ1v) is 7.90. The van der Waals surface area contributed by atoms with Gasteiger partial charge in [0.2, 0.25) is 5.91 Å². The number of hydrogen-bond donors (Lipinski definition) is 3. The minimum Gasteiger partial charge on any atom is -0.356 e. The number of rotatable bonds is 6. The Morgan fingerprint density at radius 2 is 2.18 bits per heavy atom. The maximum Gasteiger partial charge on any atom is 0.221 e. The molecule has 1 aromatic heterocycles. The fourth-order valence-corrected chi connectivity index (χ4v) is 2.63. The lowest BCUT2D eigenvalue weighted by Crippen LogP contribution is -2.40. The summed E-state index contributed by atoms with van der Waals surface area (Å²) >= 11 is 0. The summed E-state index contributed by atoms with van der Waals surface area (Å²) in [4.78, 5) is 16.0. The van der Waals surface area contributed by atoms with E-state index in [1.54, 1.807) is 13.2 Å². The molecule has 1 amide bonds. The number of amides is 1. The van der Waals surface area contributed by atoms with E-state index in [4.69, 9.17) is 0 Å². The van der Waals surface area contributed by atoms with Crippen LogP contribution in [0.15, 0.2) is 17.3 Å². The van der Waals surface area contributed by atoms with Crippen LogP contribution in [0.4, 0.5) is 0 Å². The molecule has 1 aliphatic carbocycles. The van der Waals surface area contributed by atoms with Crippen molar-refractivity contribution in [2.45, 2.75) is 44.7 Å². The van der Waals surface area contributed by atoms with Crippen molar-refractivity contribution >= 4 is 11.9 Å². The average Bonchev–Trinajstić information content (AvgIpc) is 3.14. The second-order valence-corrected chi connectivity index (χ2v) is 5.60. The second kappa shape index (κ2) is 8.41. The molecule has 2 rings (SSSR count). The number of aliphatic imine (C=N–C) groups is 1. The molecule has 1 fully saturated rings. The Balaban J connectivity index is 1.63. The first kappa shape index (κ1) is 16.3. The van der Waals surface area contributed by atoms with Crippen molar-refractivity contribution in [3.05, 3.63) is 18.0 Å². The Kier molecular flexibility index (Phi) is 6.24. The molecule has 1 heterocycles. The molecule has 0 atom stereocenters. The van der Waals surface area contributed by atoms with E-state index in [1.165, 1.54) is 12.8 Å². The molecule has 0 radical (unpaired) electrons. The smallest absolute Gasteiger partial charge is 0.221 e. The van der Waals surface area contributed by atoms with Crippen LogP contribution in [0.25, 0.3) is 0 Å². The number of guanidine groups is 1. The third kappa shape index (κ3) is 5.05. The molecule has 1 aromatic rings. The topological polar surface area (TPSA) is 83.3 Å². The highest BCUT2D eigenvalue weighted by Crippen LogP contribution is 2.17. The molecule has 0 bridgehead atoms. The minimum absolute atomic E-state index is 0.112. The molecular formula is C15H26N6O. The van der Waals surface area contributed by atoms with Crippen LogP contribution in [0.1, 0.15) is 37.8 Å². The Morgan fingerprint density at radius 3 is 2.82 bits per heavy atom. The van der Waals surface area contributed by atoms with E-state index in [-0.39, 0.29) is 5.91 Å². The number of aryl methyl sites for hydroxylation is 1. The lowest BCUT2D eigenvalue weighted by molar-refractivity contribution is -0.121. The summed E-state index contributed by atoms with van der Waals surface area (Å²) in [5.41, 5.74) is 1.07. The van der Waals surface area contributed by atoms with Gasteiger partial charge in [0.15, 0.2) is 5.96 Å². The number of nitrogens with one attached hydrogen (secondary N) is 3. The molecule has 0 aliphatic heterocycles. The molecular weight excluding hydrogens is 280 g/mol. The largest absolute Gasteiger partial charge is 0.356 e. The SMILES string of the molecule is CN=C(NCCC(=O)NC1CCCC1)NCc1ccnn1C. The van der Waals surface area contributed by atoms with Crippen LogP contribution in [-0.2, 0) is 18.4 Å². The third-order valence-corrected chi connectivity index (χ3v) is 3.95. The predicted molar refractivity (Wildman–Crippen MR) is 86.4 cm³/mol. The molecule has 3 N–H and O–H groups in total. The highest BCUT2D eigenvalue weighted by molar-refractivity contribution is 5.81. The predicted octanol–water partition coefficient (Wildman–Crippen LogP) is 0.534. The lowest BCUT2D eigenvalue weighted by atomic mass is 10.2. The molecule has 7 heteroatoms. The number of hydrogen-bond acceptors (Lipinski definition) is 3. The van der Waals surface area contributed by atoms with Crippen molar-refractivity contribution in [1.82, 2.24) is 25.7 Å². The second-order valence-electron chi connectivity index (χ2n) is 5.60. The minimum atomic E-state index is 0.112. The van der Waals surface area contributed by atoms with Crippen LogP contribution >= 0.6 is 0 Å². The quantitative estimate of drug-likeness (QED) is 0.529. The Hall–Kier alpha value is -2.05. The van der Waals surface area contributed by atoms with Crippen LogP contribution in [0, 0.1) is 0 Å².